The number of hydrogen-bond acceptors (Lipinski definition) is 3. The Balaban J connectivity index is 2.33. The molecule has 20 heavy (non-hydrogen) atoms. The molecule has 4 nitrogen and oxygen atoms in total. The maximum absolute atomic E-state index is 12.3. The number of aromatic nitrogens is 3. The van der Waals surface area contributed by atoms with Crippen LogP contribution in [0.15, 0.2) is 18.3 Å². The highest BCUT2D eigenvalue weighted by atomic mass is 35.5. The van der Waals surface area contributed by atoms with Gasteiger partial charge in [-0.2, -0.15) is 5.10 Å². The first-order valence-electron chi connectivity index (χ1n) is 6.46. The van der Waals surface area contributed by atoms with Crippen LogP contribution in [-0.4, -0.2) is 20.5 Å². The third-order valence-corrected chi connectivity index (χ3v) is 3.79. The van der Waals surface area contributed by atoms with Crippen LogP contribution in [0.25, 0.3) is 0 Å². The number of halogens is 2. The molecule has 0 saturated carbocycles. The van der Waals surface area contributed by atoms with Crippen molar-refractivity contribution in [3.63, 3.8) is 0 Å². The second kappa shape index (κ2) is 6.37. The summed E-state index contributed by atoms with van der Waals surface area (Å²) in [5, 5.41) is 5.31. The molecular weight excluding hydrogens is 297 g/mol. The smallest absolute Gasteiger partial charge is 0.188 e. The van der Waals surface area contributed by atoms with Crippen LogP contribution in [0.2, 0.25) is 10.0 Å². The van der Waals surface area contributed by atoms with Crippen molar-refractivity contribution in [1.82, 2.24) is 14.8 Å². The first-order valence-corrected chi connectivity index (χ1v) is 7.21. The predicted octanol–water partition coefficient (Wildman–Crippen LogP) is 3.59. The molecule has 0 fully saturated rings. The van der Waals surface area contributed by atoms with E-state index in [1.165, 1.54) is 0 Å². The molecule has 0 aliphatic rings. The molecule has 0 aliphatic heterocycles. The number of ketones is 1. The van der Waals surface area contributed by atoms with Gasteiger partial charge in [-0.1, -0.05) is 30.1 Å². The van der Waals surface area contributed by atoms with Crippen LogP contribution in [0, 0.1) is 0 Å². The van der Waals surface area contributed by atoms with E-state index in [1.54, 1.807) is 23.0 Å². The quantitative estimate of drug-likeness (QED) is 0.793. The van der Waals surface area contributed by atoms with E-state index in [2.05, 4.69) is 10.1 Å². The lowest BCUT2D eigenvalue weighted by Gasteiger charge is -2.05. The summed E-state index contributed by atoms with van der Waals surface area (Å²) in [4.78, 5) is 16.3. The molecule has 0 saturated heterocycles. The minimum atomic E-state index is -0.158. The largest absolute Gasteiger partial charge is 0.292 e. The van der Waals surface area contributed by atoms with Gasteiger partial charge in [-0.15, -0.1) is 0 Å². The minimum absolute atomic E-state index is 0.149. The lowest BCUT2D eigenvalue weighted by molar-refractivity contribution is 0.0986. The molecule has 106 valence electrons. The van der Waals surface area contributed by atoms with Gasteiger partial charge in [0.05, 0.1) is 27.9 Å². The summed E-state index contributed by atoms with van der Waals surface area (Å²) in [6.07, 6.45) is 2.43. The summed E-state index contributed by atoms with van der Waals surface area (Å²) in [5.41, 5.74) is 1.80. The fourth-order valence-corrected chi connectivity index (χ4v) is 2.58. The van der Waals surface area contributed by atoms with Gasteiger partial charge in [0.2, 0.25) is 0 Å². The van der Waals surface area contributed by atoms with Gasteiger partial charge in [0.15, 0.2) is 5.78 Å². The molecule has 0 amide bonds. The minimum Gasteiger partial charge on any atom is -0.292 e. The first-order chi connectivity index (χ1) is 9.58. The van der Waals surface area contributed by atoms with Crippen LogP contribution in [0.3, 0.4) is 0 Å². The van der Waals surface area contributed by atoms with E-state index in [-0.39, 0.29) is 17.9 Å². The Bertz CT molecular complexity index is 637. The number of aryl methyl sites for hydroxylation is 2. The van der Waals surface area contributed by atoms with Crippen LogP contribution in [0.5, 0.6) is 0 Å². The third-order valence-electron chi connectivity index (χ3n) is 3.04. The zero-order chi connectivity index (χ0) is 14.7. The first kappa shape index (κ1) is 15.0. The van der Waals surface area contributed by atoms with Crippen LogP contribution < -0.4 is 0 Å². The topological polar surface area (TPSA) is 47.8 Å². The summed E-state index contributed by atoms with van der Waals surface area (Å²) >= 11 is 12.3. The normalized spacial score (nSPS) is 10.8. The molecular formula is C14H15Cl2N3O. The summed E-state index contributed by atoms with van der Waals surface area (Å²) < 4.78 is 1.76. The Kier molecular flexibility index (Phi) is 4.78. The predicted molar refractivity (Wildman–Crippen MR) is 79.6 cm³/mol. The molecule has 0 radical (unpaired) electrons. The highest BCUT2D eigenvalue weighted by Gasteiger charge is 2.20. The van der Waals surface area contributed by atoms with E-state index in [1.807, 2.05) is 13.8 Å². The van der Waals surface area contributed by atoms with Crippen LogP contribution >= 0.6 is 23.2 Å². The number of pyridine rings is 1. The van der Waals surface area contributed by atoms with E-state index in [9.17, 15) is 4.79 Å². The third kappa shape index (κ3) is 2.86. The Labute approximate surface area is 127 Å². The van der Waals surface area contributed by atoms with Crippen molar-refractivity contribution >= 4 is 29.0 Å². The molecule has 2 aromatic heterocycles. The highest BCUT2D eigenvalue weighted by molar-refractivity contribution is 6.34. The van der Waals surface area contributed by atoms with Crippen molar-refractivity contribution in [3.05, 3.63) is 45.5 Å². The van der Waals surface area contributed by atoms with E-state index >= 15 is 0 Å². The van der Waals surface area contributed by atoms with E-state index in [0.717, 1.165) is 17.8 Å². The van der Waals surface area contributed by atoms with Gasteiger partial charge in [0, 0.05) is 12.7 Å². The second-order valence-electron chi connectivity index (χ2n) is 4.31. The lowest BCUT2D eigenvalue weighted by Crippen LogP contribution is -2.11. The molecule has 0 aliphatic carbocycles. The summed E-state index contributed by atoms with van der Waals surface area (Å²) in [6.45, 7) is 4.61. The molecule has 2 aromatic rings. The number of Topliss-reactive ketones (excluding diaryl/α,β-unsaturated/α-hetero) is 1. The highest BCUT2D eigenvalue weighted by Crippen LogP contribution is 2.24. The Morgan fingerprint density at radius 2 is 2.10 bits per heavy atom. The molecule has 2 heterocycles. The Hall–Kier alpha value is -1.39. The fraction of sp³-hybridized carbons (Fsp3) is 0.357. The average molecular weight is 312 g/mol. The molecule has 0 atom stereocenters. The van der Waals surface area contributed by atoms with Crippen molar-refractivity contribution < 1.29 is 4.79 Å². The summed E-state index contributed by atoms with van der Waals surface area (Å²) in [6, 6.07) is 3.34. The number of carbonyl (C=O) groups excluding carboxylic acids is 1. The van der Waals surface area contributed by atoms with Crippen LogP contribution in [-0.2, 0) is 19.4 Å². The molecule has 0 N–H and O–H groups in total. The van der Waals surface area contributed by atoms with Crippen molar-refractivity contribution in [2.24, 2.45) is 0 Å². The van der Waals surface area contributed by atoms with Gasteiger partial charge < -0.3 is 0 Å². The van der Waals surface area contributed by atoms with Crippen molar-refractivity contribution in [3.8, 4) is 0 Å². The molecule has 0 aromatic carbocycles. The monoisotopic (exact) mass is 311 g/mol. The standard InChI is InChI=1S/C14H15Cl2N3O/c1-3-10-13(16)11(19(4-2)18-10)8-12(20)14-9(15)6-5-7-17-14/h5-7H,3-4,8H2,1-2H3. The van der Waals surface area contributed by atoms with Crippen molar-refractivity contribution in [1.29, 1.82) is 0 Å². The zero-order valence-corrected chi connectivity index (χ0v) is 12.9. The molecule has 0 bridgehead atoms. The van der Waals surface area contributed by atoms with Gasteiger partial charge in [-0.05, 0) is 25.5 Å². The van der Waals surface area contributed by atoms with Gasteiger partial charge in [-0.25, -0.2) is 0 Å². The second-order valence-corrected chi connectivity index (χ2v) is 5.10. The van der Waals surface area contributed by atoms with Gasteiger partial charge in [0.25, 0.3) is 0 Å². The Morgan fingerprint density at radius 3 is 2.70 bits per heavy atom. The van der Waals surface area contributed by atoms with Crippen molar-refractivity contribution in [2.45, 2.75) is 33.2 Å². The average Bonchev–Trinajstić information content (AvgIpc) is 2.75. The molecule has 0 spiro atoms. The van der Waals surface area contributed by atoms with Crippen LogP contribution in [0.4, 0.5) is 0 Å². The molecule has 6 heteroatoms. The molecule has 0 unspecified atom stereocenters. The summed E-state index contributed by atoms with van der Waals surface area (Å²) in [5.74, 6) is -0.158. The fourth-order valence-electron chi connectivity index (χ4n) is 2.01. The maximum Gasteiger partial charge on any atom is 0.188 e. The van der Waals surface area contributed by atoms with Crippen LogP contribution in [0.1, 0.15) is 35.7 Å². The van der Waals surface area contributed by atoms with Gasteiger partial charge >= 0.3 is 0 Å². The zero-order valence-electron chi connectivity index (χ0n) is 11.4. The van der Waals surface area contributed by atoms with Crippen molar-refractivity contribution in [2.75, 3.05) is 0 Å². The van der Waals surface area contributed by atoms with E-state index in [0.29, 0.717) is 16.6 Å². The van der Waals surface area contributed by atoms with Gasteiger partial charge in [0.1, 0.15) is 5.69 Å². The summed E-state index contributed by atoms with van der Waals surface area (Å²) in [7, 11) is 0. The molecule has 2 rings (SSSR count). The number of carbonyl (C=O) groups is 1. The number of hydrogen-bond donors (Lipinski definition) is 0. The number of nitrogens with zero attached hydrogens (tertiary/aromatic N) is 3. The Morgan fingerprint density at radius 1 is 1.35 bits per heavy atom. The SMILES string of the molecule is CCc1nn(CC)c(CC(=O)c2ncccc2Cl)c1Cl. The maximum atomic E-state index is 12.3. The van der Waals surface area contributed by atoms with Gasteiger partial charge in [-0.3, -0.25) is 14.5 Å². The lowest BCUT2D eigenvalue weighted by atomic mass is 10.1. The number of rotatable bonds is 5. The van der Waals surface area contributed by atoms with E-state index in [4.69, 9.17) is 23.2 Å². The van der Waals surface area contributed by atoms with E-state index < -0.39 is 0 Å².